The van der Waals surface area contributed by atoms with E-state index in [4.69, 9.17) is 0 Å². The molecule has 0 fully saturated rings. The lowest BCUT2D eigenvalue weighted by atomic mass is 10.5. The zero-order valence-electron chi connectivity index (χ0n) is 8.79. The zero-order chi connectivity index (χ0) is 11.4. The Hall–Kier alpha value is -2.24. The van der Waals surface area contributed by atoms with E-state index in [1.165, 1.54) is 18.6 Å². The Morgan fingerprint density at radius 1 is 1.44 bits per heavy atom. The molecular weight excluding hydrogens is 206 g/mol. The highest BCUT2D eigenvalue weighted by Crippen LogP contribution is 2.16. The van der Waals surface area contributed by atoms with Gasteiger partial charge < -0.3 is 9.88 Å². The second kappa shape index (κ2) is 4.52. The Balaban J connectivity index is 2.42. The number of nitrogens with one attached hydrogen (secondary N) is 1. The van der Waals surface area contributed by atoms with Gasteiger partial charge in [-0.15, -0.1) is 0 Å². The van der Waals surface area contributed by atoms with Crippen molar-refractivity contribution in [2.75, 3.05) is 5.32 Å². The molecule has 6 nitrogen and oxygen atoms in total. The Bertz CT molecular complexity index is 531. The first-order valence-electron chi connectivity index (χ1n) is 4.89. The molecule has 0 unspecified atom stereocenters. The van der Waals surface area contributed by atoms with E-state index in [0.717, 1.165) is 12.2 Å². The third-order valence-electron chi connectivity index (χ3n) is 2.14. The number of nitrogens with zero attached hydrogens (tertiary/aromatic N) is 4. The van der Waals surface area contributed by atoms with Crippen molar-refractivity contribution < 1.29 is 4.79 Å². The second-order valence-electron chi connectivity index (χ2n) is 3.06. The van der Waals surface area contributed by atoms with Gasteiger partial charge in [-0.1, -0.05) is 0 Å². The second-order valence-corrected chi connectivity index (χ2v) is 3.06. The highest BCUT2D eigenvalue weighted by molar-refractivity contribution is 5.83. The van der Waals surface area contributed by atoms with E-state index in [0.29, 0.717) is 17.6 Å². The number of rotatable bonds is 4. The summed E-state index contributed by atoms with van der Waals surface area (Å²) >= 11 is 0. The molecule has 1 N–H and O–H groups in total. The van der Waals surface area contributed by atoms with E-state index in [9.17, 15) is 4.79 Å². The largest absolute Gasteiger partial charge is 0.345 e. The number of aromatic nitrogens is 4. The van der Waals surface area contributed by atoms with E-state index in [-0.39, 0.29) is 0 Å². The molecule has 82 valence electrons. The first-order chi connectivity index (χ1) is 7.86. The van der Waals surface area contributed by atoms with Crippen LogP contribution in [0.1, 0.15) is 6.92 Å². The number of aldehydes is 1. The molecule has 0 aromatic carbocycles. The Kier molecular flexibility index (Phi) is 2.90. The molecule has 2 rings (SSSR count). The van der Waals surface area contributed by atoms with Gasteiger partial charge >= 0.3 is 0 Å². The van der Waals surface area contributed by atoms with Gasteiger partial charge in [-0.25, -0.2) is 15.0 Å². The van der Waals surface area contributed by atoms with Crippen LogP contribution in [0.5, 0.6) is 0 Å². The number of allylic oxidation sites excluding steroid dienone is 1. The molecule has 0 radical (unpaired) electrons. The monoisotopic (exact) mass is 217 g/mol. The van der Waals surface area contributed by atoms with Gasteiger partial charge in [0.05, 0.1) is 6.33 Å². The Morgan fingerprint density at radius 3 is 3.06 bits per heavy atom. The Labute approximate surface area is 92.0 Å². The van der Waals surface area contributed by atoms with Crippen molar-refractivity contribution in [3.8, 4) is 0 Å². The quantitative estimate of drug-likeness (QED) is 0.610. The van der Waals surface area contributed by atoms with Crippen LogP contribution in [0.25, 0.3) is 11.2 Å². The first kappa shape index (κ1) is 10.3. The first-order valence-corrected chi connectivity index (χ1v) is 4.89. The lowest BCUT2D eigenvalue weighted by Crippen LogP contribution is -1.97. The fourth-order valence-corrected chi connectivity index (χ4v) is 1.38. The molecule has 6 heteroatoms. The summed E-state index contributed by atoms with van der Waals surface area (Å²) in [5.74, 6) is 0.593. The molecule has 2 aromatic rings. The van der Waals surface area contributed by atoms with Crippen LogP contribution in [0.15, 0.2) is 24.9 Å². The molecule has 0 atom stereocenters. The maximum Gasteiger partial charge on any atom is 0.165 e. The van der Waals surface area contributed by atoms with Crippen molar-refractivity contribution in [3.63, 3.8) is 0 Å². The smallest absolute Gasteiger partial charge is 0.165 e. The van der Waals surface area contributed by atoms with Crippen LogP contribution in [0.4, 0.5) is 5.82 Å². The molecule has 2 heterocycles. The lowest BCUT2D eigenvalue weighted by Gasteiger charge is -2.00. The fourth-order valence-electron chi connectivity index (χ4n) is 1.38. The predicted molar refractivity (Wildman–Crippen MR) is 59.8 cm³/mol. The average molecular weight is 217 g/mol. The molecule has 0 bridgehead atoms. The number of anilines is 1. The van der Waals surface area contributed by atoms with E-state index >= 15 is 0 Å². The molecule has 0 aliphatic carbocycles. The summed E-state index contributed by atoms with van der Waals surface area (Å²) in [4.78, 5) is 22.6. The standard InChI is InChI=1S/C10H11N5O/c1-2-15-7-14-8-9(11-4-3-5-16)12-6-13-10(8)15/h3-7H,2H2,1H3,(H,11,12,13). The van der Waals surface area contributed by atoms with Gasteiger partial charge in [0.15, 0.2) is 17.0 Å². The van der Waals surface area contributed by atoms with Crippen LogP contribution < -0.4 is 5.32 Å². The van der Waals surface area contributed by atoms with Crippen LogP contribution in [-0.2, 0) is 11.3 Å². The van der Waals surface area contributed by atoms with Gasteiger partial charge in [0.25, 0.3) is 0 Å². The van der Waals surface area contributed by atoms with Gasteiger partial charge in [-0.3, -0.25) is 4.79 Å². The van der Waals surface area contributed by atoms with Crippen molar-refractivity contribution in [1.82, 2.24) is 19.5 Å². The van der Waals surface area contributed by atoms with Crippen LogP contribution in [-0.4, -0.2) is 25.8 Å². The normalized spacial score (nSPS) is 11.1. The van der Waals surface area contributed by atoms with Gasteiger partial charge in [-0.05, 0) is 13.0 Å². The van der Waals surface area contributed by atoms with Crippen molar-refractivity contribution in [1.29, 1.82) is 0 Å². The number of imidazole rings is 1. The summed E-state index contributed by atoms with van der Waals surface area (Å²) in [6, 6.07) is 0. The van der Waals surface area contributed by atoms with E-state index in [1.807, 2.05) is 11.5 Å². The van der Waals surface area contributed by atoms with Crippen LogP contribution in [0.3, 0.4) is 0 Å². The van der Waals surface area contributed by atoms with E-state index in [1.54, 1.807) is 6.33 Å². The SMILES string of the molecule is CCn1cnc2c(NC=CC=O)ncnc21. The molecule has 16 heavy (non-hydrogen) atoms. The maximum absolute atomic E-state index is 10.1. The molecule has 2 aromatic heterocycles. The van der Waals surface area contributed by atoms with Crippen LogP contribution in [0.2, 0.25) is 0 Å². The minimum absolute atomic E-state index is 0.593. The number of fused-ring (bicyclic) bond motifs is 1. The highest BCUT2D eigenvalue weighted by Gasteiger charge is 2.07. The summed E-state index contributed by atoms with van der Waals surface area (Å²) in [6.07, 6.45) is 6.74. The lowest BCUT2D eigenvalue weighted by molar-refractivity contribution is -0.104. The summed E-state index contributed by atoms with van der Waals surface area (Å²) in [6.45, 7) is 2.82. The van der Waals surface area contributed by atoms with Crippen molar-refractivity contribution in [2.45, 2.75) is 13.5 Å². The minimum Gasteiger partial charge on any atom is -0.345 e. The predicted octanol–water partition coefficient (Wildman–Crippen LogP) is 0.971. The van der Waals surface area contributed by atoms with Gasteiger partial charge in [-0.2, -0.15) is 0 Å². The molecule has 0 aliphatic heterocycles. The zero-order valence-corrected chi connectivity index (χ0v) is 8.79. The van der Waals surface area contributed by atoms with Gasteiger partial charge in [0.1, 0.15) is 12.6 Å². The highest BCUT2D eigenvalue weighted by atomic mass is 16.1. The molecule has 0 spiro atoms. The minimum atomic E-state index is 0.593. The molecular formula is C10H11N5O. The number of carbonyl (C=O) groups excluding carboxylic acids is 1. The number of aryl methyl sites for hydroxylation is 1. The van der Waals surface area contributed by atoms with Gasteiger partial charge in [0, 0.05) is 12.7 Å². The number of hydrogen-bond acceptors (Lipinski definition) is 5. The number of hydrogen-bond donors (Lipinski definition) is 1. The summed E-state index contributed by atoms with van der Waals surface area (Å²) < 4.78 is 1.92. The van der Waals surface area contributed by atoms with E-state index < -0.39 is 0 Å². The van der Waals surface area contributed by atoms with Crippen molar-refractivity contribution >= 4 is 23.3 Å². The maximum atomic E-state index is 10.1. The number of carbonyl (C=O) groups is 1. The molecule has 0 saturated carbocycles. The summed E-state index contributed by atoms with van der Waals surface area (Å²) in [5, 5.41) is 2.89. The summed E-state index contributed by atoms with van der Waals surface area (Å²) in [5.41, 5.74) is 1.47. The van der Waals surface area contributed by atoms with E-state index in [2.05, 4.69) is 20.3 Å². The molecule has 0 amide bonds. The molecule has 0 saturated heterocycles. The van der Waals surface area contributed by atoms with Crippen LogP contribution >= 0.6 is 0 Å². The molecule has 0 aliphatic rings. The third kappa shape index (κ3) is 1.77. The van der Waals surface area contributed by atoms with Crippen LogP contribution in [0, 0.1) is 0 Å². The topological polar surface area (TPSA) is 72.7 Å². The fraction of sp³-hybridized carbons (Fsp3) is 0.200. The van der Waals surface area contributed by atoms with Gasteiger partial charge in [0.2, 0.25) is 0 Å². The Morgan fingerprint density at radius 2 is 2.31 bits per heavy atom. The summed E-state index contributed by atoms with van der Waals surface area (Å²) in [7, 11) is 0. The average Bonchev–Trinajstić information content (AvgIpc) is 2.73. The van der Waals surface area contributed by atoms with Crippen molar-refractivity contribution in [2.24, 2.45) is 0 Å². The third-order valence-corrected chi connectivity index (χ3v) is 2.14. The van der Waals surface area contributed by atoms with Crippen molar-refractivity contribution in [3.05, 3.63) is 24.9 Å².